The van der Waals surface area contributed by atoms with E-state index >= 15 is 0 Å². The van der Waals surface area contributed by atoms with Crippen molar-refractivity contribution in [1.29, 1.82) is 0 Å². The monoisotopic (exact) mass is 224 g/mol. The van der Waals surface area contributed by atoms with Crippen LogP contribution in [0.5, 0.6) is 0 Å². The molecule has 2 aliphatic rings. The molecule has 94 valence electrons. The van der Waals surface area contributed by atoms with Crippen molar-refractivity contribution < 1.29 is 0 Å². The maximum atomic E-state index is 6.20. The number of hydrogen-bond donors (Lipinski definition) is 1. The Balaban J connectivity index is 1.83. The lowest BCUT2D eigenvalue weighted by atomic mass is 9.83. The Labute approximate surface area is 101 Å². The molecule has 2 atom stereocenters. The summed E-state index contributed by atoms with van der Waals surface area (Å²) in [6.45, 7) is 2.33. The van der Waals surface area contributed by atoms with Crippen molar-refractivity contribution >= 4 is 0 Å². The molecule has 0 amide bonds. The fraction of sp³-hybridized carbons (Fsp3) is 1.00. The SMILES string of the molecule is CCC1CCC(N(C)C2CCCC2N)CC1. The van der Waals surface area contributed by atoms with Gasteiger partial charge in [0.25, 0.3) is 0 Å². The normalized spacial score (nSPS) is 40.5. The van der Waals surface area contributed by atoms with E-state index in [2.05, 4.69) is 18.9 Å². The van der Waals surface area contributed by atoms with Crippen molar-refractivity contribution in [2.45, 2.75) is 76.4 Å². The highest BCUT2D eigenvalue weighted by molar-refractivity contribution is 4.90. The van der Waals surface area contributed by atoms with Crippen LogP contribution in [-0.4, -0.2) is 30.1 Å². The van der Waals surface area contributed by atoms with Crippen LogP contribution in [0.15, 0.2) is 0 Å². The molecule has 16 heavy (non-hydrogen) atoms. The minimum absolute atomic E-state index is 0.439. The summed E-state index contributed by atoms with van der Waals surface area (Å²) in [7, 11) is 2.31. The predicted molar refractivity (Wildman–Crippen MR) is 69.4 cm³/mol. The quantitative estimate of drug-likeness (QED) is 0.798. The molecule has 2 N–H and O–H groups in total. The van der Waals surface area contributed by atoms with Crippen molar-refractivity contribution in [3.05, 3.63) is 0 Å². The molecule has 2 heteroatoms. The summed E-state index contributed by atoms with van der Waals surface area (Å²) >= 11 is 0. The molecule has 0 bridgehead atoms. The first kappa shape index (κ1) is 12.4. The summed E-state index contributed by atoms with van der Waals surface area (Å²) in [6.07, 6.45) is 10.9. The zero-order valence-electron chi connectivity index (χ0n) is 11.0. The lowest BCUT2D eigenvalue weighted by molar-refractivity contribution is 0.113. The molecule has 0 aromatic rings. The molecule has 2 fully saturated rings. The summed E-state index contributed by atoms with van der Waals surface area (Å²) in [5, 5.41) is 0. The highest BCUT2D eigenvalue weighted by Crippen LogP contribution is 2.32. The Bertz CT molecular complexity index is 209. The maximum Gasteiger partial charge on any atom is 0.0247 e. The molecule has 2 nitrogen and oxygen atoms in total. The number of nitrogens with zero attached hydrogens (tertiary/aromatic N) is 1. The van der Waals surface area contributed by atoms with Crippen molar-refractivity contribution in [3.8, 4) is 0 Å². The molecule has 0 heterocycles. The van der Waals surface area contributed by atoms with Gasteiger partial charge in [0.15, 0.2) is 0 Å². The molecule has 2 unspecified atom stereocenters. The molecule has 0 aliphatic heterocycles. The van der Waals surface area contributed by atoms with Gasteiger partial charge in [0, 0.05) is 18.1 Å². The van der Waals surface area contributed by atoms with Gasteiger partial charge in [-0.25, -0.2) is 0 Å². The van der Waals surface area contributed by atoms with Crippen LogP contribution in [0.1, 0.15) is 58.3 Å². The van der Waals surface area contributed by atoms with Crippen LogP contribution in [0.2, 0.25) is 0 Å². The van der Waals surface area contributed by atoms with Crippen LogP contribution >= 0.6 is 0 Å². The maximum absolute atomic E-state index is 6.20. The van der Waals surface area contributed by atoms with E-state index in [4.69, 9.17) is 5.73 Å². The van der Waals surface area contributed by atoms with Gasteiger partial charge >= 0.3 is 0 Å². The van der Waals surface area contributed by atoms with Gasteiger partial charge in [-0.3, -0.25) is 4.90 Å². The fourth-order valence-corrected chi connectivity index (χ4v) is 3.71. The van der Waals surface area contributed by atoms with Crippen LogP contribution in [0.4, 0.5) is 0 Å². The second kappa shape index (κ2) is 5.50. The van der Waals surface area contributed by atoms with E-state index in [9.17, 15) is 0 Å². The van der Waals surface area contributed by atoms with Crippen molar-refractivity contribution in [2.75, 3.05) is 7.05 Å². The second-order valence-corrected chi connectivity index (χ2v) is 5.91. The van der Waals surface area contributed by atoms with Crippen LogP contribution in [0.3, 0.4) is 0 Å². The molecule has 0 spiro atoms. The van der Waals surface area contributed by atoms with E-state index < -0.39 is 0 Å². The number of nitrogens with two attached hydrogens (primary N) is 1. The third-order valence-corrected chi connectivity index (χ3v) is 5.02. The molecule has 0 aromatic heterocycles. The summed E-state index contributed by atoms with van der Waals surface area (Å²) in [5.74, 6) is 1.00. The number of hydrogen-bond acceptors (Lipinski definition) is 2. The molecular weight excluding hydrogens is 196 g/mol. The Hall–Kier alpha value is -0.0800. The molecular formula is C14H28N2. The van der Waals surface area contributed by atoms with E-state index in [1.165, 1.54) is 51.4 Å². The molecule has 0 saturated heterocycles. The Kier molecular flexibility index (Phi) is 4.26. The van der Waals surface area contributed by atoms with Crippen LogP contribution in [0, 0.1) is 5.92 Å². The second-order valence-electron chi connectivity index (χ2n) is 5.91. The largest absolute Gasteiger partial charge is 0.326 e. The summed E-state index contributed by atoms with van der Waals surface area (Å²) < 4.78 is 0. The Morgan fingerprint density at radius 2 is 1.75 bits per heavy atom. The van der Waals surface area contributed by atoms with Gasteiger partial charge in [0.2, 0.25) is 0 Å². The van der Waals surface area contributed by atoms with E-state index in [0.29, 0.717) is 12.1 Å². The van der Waals surface area contributed by atoms with Gasteiger partial charge in [-0.2, -0.15) is 0 Å². The van der Waals surface area contributed by atoms with Gasteiger partial charge in [-0.15, -0.1) is 0 Å². The average Bonchev–Trinajstić information content (AvgIpc) is 2.75. The number of likely N-dealkylation sites (N-methyl/N-ethyl adjacent to an activating group) is 1. The zero-order chi connectivity index (χ0) is 11.5. The smallest absolute Gasteiger partial charge is 0.0247 e. The third-order valence-electron chi connectivity index (χ3n) is 5.02. The van der Waals surface area contributed by atoms with E-state index in [1.807, 2.05) is 0 Å². The lowest BCUT2D eigenvalue weighted by Gasteiger charge is -2.39. The molecule has 2 saturated carbocycles. The summed E-state index contributed by atoms with van der Waals surface area (Å²) in [5.41, 5.74) is 6.20. The van der Waals surface area contributed by atoms with Crippen molar-refractivity contribution in [2.24, 2.45) is 11.7 Å². The fourth-order valence-electron chi connectivity index (χ4n) is 3.71. The van der Waals surface area contributed by atoms with Gasteiger partial charge in [-0.1, -0.05) is 19.8 Å². The zero-order valence-corrected chi connectivity index (χ0v) is 11.0. The predicted octanol–water partition coefficient (Wildman–Crippen LogP) is 2.77. The third kappa shape index (κ3) is 2.60. The molecule has 2 aliphatic carbocycles. The minimum atomic E-state index is 0.439. The van der Waals surface area contributed by atoms with Crippen molar-refractivity contribution in [1.82, 2.24) is 4.90 Å². The first-order valence-corrected chi connectivity index (χ1v) is 7.20. The van der Waals surface area contributed by atoms with E-state index in [0.717, 1.165) is 12.0 Å². The van der Waals surface area contributed by atoms with E-state index in [1.54, 1.807) is 0 Å². The summed E-state index contributed by atoms with van der Waals surface area (Å²) in [4.78, 5) is 2.61. The van der Waals surface area contributed by atoms with Crippen LogP contribution in [-0.2, 0) is 0 Å². The standard InChI is InChI=1S/C14H28N2/c1-3-11-7-9-12(10-8-11)16(2)14-6-4-5-13(14)15/h11-14H,3-10,15H2,1-2H3. The first-order valence-electron chi connectivity index (χ1n) is 7.20. The molecule has 0 radical (unpaired) electrons. The highest BCUT2D eigenvalue weighted by Gasteiger charge is 2.32. The average molecular weight is 224 g/mol. The Morgan fingerprint density at radius 3 is 2.25 bits per heavy atom. The molecule has 0 aromatic carbocycles. The summed E-state index contributed by atoms with van der Waals surface area (Å²) in [6, 6.07) is 1.93. The van der Waals surface area contributed by atoms with Gasteiger partial charge in [-0.05, 0) is 51.5 Å². The van der Waals surface area contributed by atoms with Gasteiger partial charge in [0.1, 0.15) is 0 Å². The number of rotatable bonds is 3. The highest BCUT2D eigenvalue weighted by atomic mass is 15.2. The van der Waals surface area contributed by atoms with Crippen LogP contribution < -0.4 is 5.73 Å². The van der Waals surface area contributed by atoms with Crippen LogP contribution in [0.25, 0.3) is 0 Å². The topological polar surface area (TPSA) is 29.3 Å². The lowest BCUT2D eigenvalue weighted by Crippen LogP contribution is -2.48. The first-order chi connectivity index (χ1) is 7.72. The van der Waals surface area contributed by atoms with Gasteiger partial charge < -0.3 is 5.73 Å². The Morgan fingerprint density at radius 1 is 1.06 bits per heavy atom. The van der Waals surface area contributed by atoms with E-state index in [-0.39, 0.29) is 0 Å². The molecule has 2 rings (SSSR count). The van der Waals surface area contributed by atoms with Crippen molar-refractivity contribution in [3.63, 3.8) is 0 Å². The van der Waals surface area contributed by atoms with Gasteiger partial charge in [0.05, 0.1) is 0 Å². The minimum Gasteiger partial charge on any atom is -0.326 e.